The summed E-state index contributed by atoms with van der Waals surface area (Å²) in [4.78, 5) is 24.7. The molecule has 1 atom stereocenters. The van der Waals surface area contributed by atoms with Gasteiger partial charge < -0.3 is 15.7 Å². The number of carbonyl (C=O) groups is 2. The third-order valence-electron chi connectivity index (χ3n) is 3.77. The van der Waals surface area contributed by atoms with E-state index in [2.05, 4.69) is 10.6 Å². The van der Waals surface area contributed by atoms with Crippen LogP contribution in [0.3, 0.4) is 0 Å². The van der Waals surface area contributed by atoms with Gasteiger partial charge in [0.2, 0.25) is 0 Å². The molecule has 0 spiro atoms. The summed E-state index contributed by atoms with van der Waals surface area (Å²) in [5, 5.41) is 16.8. The molecule has 1 heterocycles. The minimum absolute atomic E-state index is 0.120. The van der Waals surface area contributed by atoms with Crippen LogP contribution in [0.25, 0.3) is 0 Å². The van der Waals surface area contributed by atoms with E-state index in [4.69, 9.17) is 0 Å². The van der Waals surface area contributed by atoms with Crippen LogP contribution in [0, 0.1) is 5.92 Å². The van der Waals surface area contributed by atoms with Crippen LogP contribution < -0.4 is 10.6 Å². The smallest absolute Gasteiger partial charge is 0.329 e. The first-order chi connectivity index (χ1) is 9.86. The van der Waals surface area contributed by atoms with E-state index in [1.165, 1.54) is 0 Å². The summed E-state index contributed by atoms with van der Waals surface area (Å²) in [6, 6.07) is 3.35. The fourth-order valence-corrected chi connectivity index (χ4v) is 3.16. The topological polar surface area (TPSA) is 78.4 Å². The lowest BCUT2D eigenvalue weighted by atomic mass is 9.93. The molecule has 0 aliphatic rings. The molecule has 2 amide bonds. The van der Waals surface area contributed by atoms with Gasteiger partial charge in [0.1, 0.15) is 5.54 Å². The van der Waals surface area contributed by atoms with Gasteiger partial charge in [-0.25, -0.2) is 9.59 Å². The second kappa shape index (κ2) is 7.45. The summed E-state index contributed by atoms with van der Waals surface area (Å²) in [6.45, 7) is 7.57. The molecule has 1 aromatic rings. The molecule has 0 saturated heterocycles. The Morgan fingerprint density at radius 3 is 2.33 bits per heavy atom. The molecule has 1 rings (SSSR count). The maximum atomic E-state index is 12.2. The standard InChI is InChI=1S/C15H24N2O3S/c1-5-15(6-2,13(18)19)17-14(20)16-12(10(3)4)11-8-7-9-21-11/h7-10,12H,5-6H2,1-4H3,(H,18,19)(H2,16,17,20). The molecule has 6 heteroatoms. The SMILES string of the molecule is CCC(CC)(NC(=O)NC(c1cccs1)C(C)C)C(=O)O. The monoisotopic (exact) mass is 312 g/mol. The average Bonchev–Trinajstić information content (AvgIpc) is 2.95. The van der Waals surface area contributed by atoms with Gasteiger partial charge in [0.05, 0.1) is 6.04 Å². The molecule has 0 bridgehead atoms. The number of hydrogen-bond acceptors (Lipinski definition) is 3. The molecule has 21 heavy (non-hydrogen) atoms. The Balaban J connectivity index is 2.81. The first kappa shape index (κ1) is 17.5. The van der Waals surface area contributed by atoms with Gasteiger partial charge in [-0.3, -0.25) is 0 Å². The average molecular weight is 312 g/mol. The molecule has 0 radical (unpaired) electrons. The van der Waals surface area contributed by atoms with Crippen LogP contribution in [0.2, 0.25) is 0 Å². The zero-order valence-corrected chi connectivity index (χ0v) is 13.8. The van der Waals surface area contributed by atoms with Crippen LogP contribution in [0.5, 0.6) is 0 Å². The number of nitrogens with one attached hydrogen (secondary N) is 2. The highest BCUT2D eigenvalue weighted by molar-refractivity contribution is 7.10. The highest BCUT2D eigenvalue weighted by Crippen LogP contribution is 2.26. The summed E-state index contributed by atoms with van der Waals surface area (Å²) in [6.07, 6.45) is 0.690. The second-order valence-corrected chi connectivity index (χ2v) is 6.41. The van der Waals surface area contributed by atoms with E-state index in [1.54, 1.807) is 25.2 Å². The molecule has 0 aromatic carbocycles. The van der Waals surface area contributed by atoms with E-state index in [0.29, 0.717) is 12.8 Å². The van der Waals surface area contributed by atoms with E-state index in [9.17, 15) is 14.7 Å². The number of rotatable bonds is 7. The Bertz CT molecular complexity index is 467. The number of aliphatic carboxylic acids is 1. The van der Waals surface area contributed by atoms with Crippen molar-refractivity contribution >= 4 is 23.3 Å². The predicted molar refractivity (Wildman–Crippen MR) is 84.5 cm³/mol. The van der Waals surface area contributed by atoms with Crippen LogP contribution in [0.1, 0.15) is 51.5 Å². The number of hydrogen-bond donors (Lipinski definition) is 3. The number of urea groups is 1. The Kier molecular flexibility index (Phi) is 6.20. The Morgan fingerprint density at radius 1 is 1.33 bits per heavy atom. The lowest BCUT2D eigenvalue weighted by Gasteiger charge is -2.30. The maximum absolute atomic E-state index is 12.2. The molecule has 0 fully saturated rings. The number of amides is 2. The second-order valence-electron chi connectivity index (χ2n) is 5.43. The molecule has 0 aliphatic heterocycles. The van der Waals surface area contributed by atoms with Gasteiger partial charge in [-0.15, -0.1) is 11.3 Å². The molecule has 3 N–H and O–H groups in total. The largest absolute Gasteiger partial charge is 0.480 e. The van der Waals surface area contributed by atoms with Crippen LogP contribution in [0.15, 0.2) is 17.5 Å². The fourth-order valence-electron chi connectivity index (χ4n) is 2.21. The molecule has 1 aromatic heterocycles. The maximum Gasteiger partial charge on any atom is 0.329 e. The van der Waals surface area contributed by atoms with Gasteiger partial charge in [-0.1, -0.05) is 33.8 Å². The van der Waals surface area contributed by atoms with E-state index in [0.717, 1.165) is 4.88 Å². The Labute approximate surface area is 129 Å². The van der Waals surface area contributed by atoms with Gasteiger partial charge in [-0.2, -0.15) is 0 Å². The van der Waals surface area contributed by atoms with Crippen molar-refractivity contribution in [1.29, 1.82) is 0 Å². The third kappa shape index (κ3) is 4.20. The van der Waals surface area contributed by atoms with Gasteiger partial charge in [0.15, 0.2) is 0 Å². The third-order valence-corrected chi connectivity index (χ3v) is 4.73. The Morgan fingerprint density at radius 2 is 1.95 bits per heavy atom. The molecule has 118 valence electrons. The number of carboxylic acids is 1. The highest BCUT2D eigenvalue weighted by Gasteiger charge is 2.37. The van der Waals surface area contributed by atoms with Gasteiger partial charge >= 0.3 is 12.0 Å². The van der Waals surface area contributed by atoms with Crippen molar-refractivity contribution in [3.05, 3.63) is 22.4 Å². The minimum Gasteiger partial charge on any atom is -0.480 e. The van der Waals surface area contributed by atoms with Crippen LogP contribution in [0.4, 0.5) is 4.79 Å². The van der Waals surface area contributed by atoms with Gasteiger partial charge in [0, 0.05) is 4.88 Å². The van der Waals surface area contributed by atoms with Crippen molar-refractivity contribution < 1.29 is 14.7 Å². The summed E-state index contributed by atoms with van der Waals surface area (Å²) < 4.78 is 0. The van der Waals surface area contributed by atoms with Crippen molar-refractivity contribution in [1.82, 2.24) is 10.6 Å². The molecule has 1 unspecified atom stereocenters. The normalized spacial score (nSPS) is 13.0. The Hall–Kier alpha value is -1.56. The van der Waals surface area contributed by atoms with Gasteiger partial charge in [-0.05, 0) is 30.2 Å². The van der Waals surface area contributed by atoms with Crippen LogP contribution in [-0.4, -0.2) is 22.6 Å². The van der Waals surface area contributed by atoms with E-state index in [1.807, 2.05) is 31.4 Å². The molecular weight excluding hydrogens is 288 g/mol. The molecule has 0 aliphatic carbocycles. The van der Waals surface area contributed by atoms with Crippen molar-refractivity contribution in [2.45, 2.75) is 52.1 Å². The zero-order valence-electron chi connectivity index (χ0n) is 13.0. The van der Waals surface area contributed by atoms with Crippen LogP contribution in [-0.2, 0) is 4.79 Å². The predicted octanol–water partition coefficient (Wildman–Crippen LogP) is 3.39. The first-order valence-corrected chi connectivity index (χ1v) is 8.09. The number of thiophene rings is 1. The highest BCUT2D eigenvalue weighted by atomic mass is 32.1. The van der Waals surface area contributed by atoms with E-state index >= 15 is 0 Å². The molecule has 0 saturated carbocycles. The number of carbonyl (C=O) groups excluding carboxylic acids is 1. The summed E-state index contributed by atoms with van der Waals surface area (Å²) >= 11 is 1.58. The van der Waals surface area contributed by atoms with Crippen molar-refractivity contribution in [3.8, 4) is 0 Å². The molecule has 5 nitrogen and oxygen atoms in total. The van der Waals surface area contributed by atoms with E-state index in [-0.39, 0.29) is 12.0 Å². The lowest BCUT2D eigenvalue weighted by molar-refractivity contribution is -0.144. The van der Waals surface area contributed by atoms with Crippen molar-refractivity contribution in [3.63, 3.8) is 0 Å². The minimum atomic E-state index is -1.21. The summed E-state index contributed by atoms with van der Waals surface area (Å²) in [5.41, 5.74) is -1.21. The molecular formula is C15H24N2O3S. The fraction of sp³-hybridized carbons (Fsp3) is 0.600. The summed E-state index contributed by atoms with van der Waals surface area (Å²) in [5.74, 6) is -0.781. The quantitative estimate of drug-likeness (QED) is 0.722. The summed E-state index contributed by atoms with van der Waals surface area (Å²) in [7, 11) is 0. The van der Waals surface area contributed by atoms with Gasteiger partial charge in [0.25, 0.3) is 0 Å². The lowest BCUT2D eigenvalue weighted by Crippen LogP contribution is -2.57. The van der Waals surface area contributed by atoms with Crippen LogP contribution >= 0.6 is 11.3 Å². The first-order valence-electron chi connectivity index (χ1n) is 7.21. The van der Waals surface area contributed by atoms with E-state index < -0.39 is 17.5 Å². The number of carboxylic acid groups (broad SMARTS) is 1. The van der Waals surface area contributed by atoms with Crippen molar-refractivity contribution in [2.75, 3.05) is 0 Å². The zero-order chi connectivity index (χ0) is 16.0. The van der Waals surface area contributed by atoms with Crippen molar-refractivity contribution in [2.24, 2.45) is 5.92 Å².